The van der Waals surface area contributed by atoms with Crippen LogP contribution in [-0.4, -0.2) is 18.9 Å². The monoisotopic (exact) mass is 202 g/mol. The van der Waals surface area contributed by atoms with Crippen LogP contribution in [0.15, 0.2) is 29.3 Å². The summed E-state index contributed by atoms with van der Waals surface area (Å²) in [6.07, 6.45) is 0. The standard InChI is InChI=1S/C13H18N2/c1-10(2)13-14-7-8-15(13)12-6-4-5-11(3)9-12/h4-6,9-10H,7-8H2,1-3H3. The predicted octanol–water partition coefficient (Wildman–Crippen LogP) is 2.87. The van der Waals surface area contributed by atoms with Crippen molar-refractivity contribution in [2.75, 3.05) is 18.0 Å². The molecule has 1 aliphatic heterocycles. The summed E-state index contributed by atoms with van der Waals surface area (Å²) in [6.45, 7) is 8.49. The van der Waals surface area contributed by atoms with Gasteiger partial charge in [0.25, 0.3) is 0 Å². The van der Waals surface area contributed by atoms with Gasteiger partial charge in [0.1, 0.15) is 5.84 Å². The van der Waals surface area contributed by atoms with Crippen molar-refractivity contribution in [1.29, 1.82) is 0 Å². The molecule has 0 atom stereocenters. The minimum Gasteiger partial charge on any atom is -0.328 e. The summed E-state index contributed by atoms with van der Waals surface area (Å²) >= 11 is 0. The Labute approximate surface area is 91.6 Å². The SMILES string of the molecule is Cc1cccc(N2CCN=C2C(C)C)c1. The van der Waals surface area contributed by atoms with E-state index >= 15 is 0 Å². The van der Waals surface area contributed by atoms with Gasteiger partial charge in [-0.25, -0.2) is 0 Å². The lowest BCUT2D eigenvalue weighted by Crippen LogP contribution is -2.30. The van der Waals surface area contributed by atoms with Crippen LogP contribution in [0, 0.1) is 12.8 Å². The topological polar surface area (TPSA) is 15.6 Å². The van der Waals surface area contributed by atoms with Gasteiger partial charge in [0.2, 0.25) is 0 Å². The summed E-state index contributed by atoms with van der Waals surface area (Å²) in [5.41, 5.74) is 2.59. The zero-order valence-electron chi connectivity index (χ0n) is 9.70. The Morgan fingerprint density at radius 3 is 2.80 bits per heavy atom. The van der Waals surface area contributed by atoms with Crippen LogP contribution in [0.1, 0.15) is 19.4 Å². The molecule has 0 saturated carbocycles. The first-order chi connectivity index (χ1) is 7.18. The maximum atomic E-state index is 4.57. The van der Waals surface area contributed by atoms with E-state index in [0.29, 0.717) is 5.92 Å². The molecule has 1 aromatic carbocycles. The van der Waals surface area contributed by atoms with E-state index in [-0.39, 0.29) is 0 Å². The Kier molecular flexibility index (Phi) is 2.76. The number of anilines is 1. The van der Waals surface area contributed by atoms with Gasteiger partial charge in [-0.05, 0) is 24.6 Å². The van der Waals surface area contributed by atoms with Crippen LogP contribution in [0.25, 0.3) is 0 Å². The van der Waals surface area contributed by atoms with Crippen LogP contribution >= 0.6 is 0 Å². The van der Waals surface area contributed by atoms with Gasteiger partial charge in [-0.2, -0.15) is 0 Å². The normalized spacial score (nSPS) is 16.0. The van der Waals surface area contributed by atoms with E-state index < -0.39 is 0 Å². The van der Waals surface area contributed by atoms with Crippen molar-refractivity contribution in [3.05, 3.63) is 29.8 Å². The van der Waals surface area contributed by atoms with Gasteiger partial charge >= 0.3 is 0 Å². The smallest absolute Gasteiger partial charge is 0.106 e. The van der Waals surface area contributed by atoms with Crippen molar-refractivity contribution in [2.24, 2.45) is 10.9 Å². The molecule has 80 valence electrons. The summed E-state index contributed by atoms with van der Waals surface area (Å²) in [4.78, 5) is 6.90. The molecule has 0 N–H and O–H groups in total. The van der Waals surface area contributed by atoms with Gasteiger partial charge in [-0.1, -0.05) is 26.0 Å². The van der Waals surface area contributed by atoms with Crippen molar-refractivity contribution in [3.8, 4) is 0 Å². The maximum absolute atomic E-state index is 4.57. The molecule has 1 heterocycles. The number of hydrogen-bond acceptors (Lipinski definition) is 2. The number of aliphatic imine (C=N–C) groups is 1. The first-order valence-electron chi connectivity index (χ1n) is 5.57. The molecule has 2 heteroatoms. The molecule has 1 aliphatic rings. The largest absolute Gasteiger partial charge is 0.328 e. The zero-order valence-corrected chi connectivity index (χ0v) is 9.70. The quantitative estimate of drug-likeness (QED) is 0.720. The molecule has 0 fully saturated rings. The Morgan fingerprint density at radius 1 is 1.33 bits per heavy atom. The number of aryl methyl sites for hydroxylation is 1. The lowest BCUT2D eigenvalue weighted by molar-refractivity contribution is 0.864. The molecule has 0 spiro atoms. The highest BCUT2D eigenvalue weighted by Crippen LogP contribution is 2.21. The van der Waals surface area contributed by atoms with Crippen LogP contribution in [0.3, 0.4) is 0 Å². The molecule has 0 amide bonds. The Bertz CT molecular complexity index is 380. The third kappa shape index (κ3) is 2.04. The second kappa shape index (κ2) is 4.05. The Balaban J connectivity index is 2.28. The zero-order chi connectivity index (χ0) is 10.8. The van der Waals surface area contributed by atoms with Crippen LogP contribution < -0.4 is 4.90 Å². The van der Waals surface area contributed by atoms with Crippen molar-refractivity contribution >= 4 is 11.5 Å². The van der Waals surface area contributed by atoms with Crippen LogP contribution in [0.2, 0.25) is 0 Å². The van der Waals surface area contributed by atoms with Crippen molar-refractivity contribution in [3.63, 3.8) is 0 Å². The fourth-order valence-electron chi connectivity index (χ4n) is 2.02. The maximum Gasteiger partial charge on any atom is 0.106 e. The van der Waals surface area contributed by atoms with Gasteiger partial charge in [0.15, 0.2) is 0 Å². The molecule has 2 nitrogen and oxygen atoms in total. The molecule has 0 unspecified atom stereocenters. The van der Waals surface area contributed by atoms with Gasteiger partial charge in [-0.15, -0.1) is 0 Å². The lowest BCUT2D eigenvalue weighted by Gasteiger charge is -2.23. The number of rotatable bonds is 2. The van der Waals surface area contributed by atoms with Crippen LogP contribution in [-0.2, 0) is 0 Å². The average molecular weight is 202 g/mol. The van der Waals surface area contributed by atoms with Gasteiger partial charge in [0.05, 0.1) is 6.54 Å². The van der Waals surface area contributed by atoms with Crippen molar-refractivity contribution in [1.82, 2.24) is 0 Å². The molecular weight excluding hydrogens is 184 g/mol. The summed E-state index contributed by atoms with van der Waals surface area (Å²) in [6, 6.07) is 8.63. The number of hydrogen-bond donors (Lipinski definition) is 0. The van der Waals surface area contributed by atoms with E-state index in [2.05, 4.69) is 54.9 Å². The fourth-order valence-corrected chi connectivity index (χ4v) is 2.02. The number of amidine groups is 1. The lowest BCUT2D eigenvalue weighted by atomic mass is 10.1. The molecular formula is C13H18N2. The highest BCUT2D eigenvalue weighted by molar-refractivity contribution is 6.00. The molecule has 2 rings (SSSR count). The van der Waals surface area contributed by atoms with E-state index in [1.165, 1.54) is 17.1 Å². The Hall–Kier alpha value is -1.31. The number of benzene rings is 1. The Morgan fingerprint density at radius 2 is 2.13 bits per heavy atom. The molecule has 0 aromatic heterocycles. The van der Waals surface area contributed by atoms with Gasteiger partial charge in [-0.3, -0.25) is 4.99 Å². The van der Waals surface area contributed by atoms with Crippen LogP contribution in [0.5, 0.6) is 0 Å². The van der Waals surface area contributed by atoms with Gasteiger partial charge in [0, 0.05) is 18.2 Å². The second-order valence-electron chi connectivity index (χ2n) is 4.39. The highest BCUT2D eigenvalue weighted by Gasteiger charge is 2.20. The first kappa shape index (κ1) is 10.2. The molecule has 0 bridgehead atoms. The second-order valence-corrected chi connectivity index (χ2v) is 4.39. The molecule has 15 heavy (non-hydrogen) atoms. The molecule has 1 aromatic rings. The van der Waals surface area contributed by atoms with E-state index in [4.69, 9.17) is 0 Å². The van der Waals surface area contributed by atoms with E-state index in [1.807, 2.05) is 0 Å². The average Bonchev–Trinajstić information content (AvgIpc) is 2.65. The predicted molar refractivity (Wildman–Crippen MR) is 65.7 cm³/mol. The summed E-state index contributed by atoms with van der Waals surface area (Å²) < 4.78 is 0. The summed E-state index contributed by atoms with van der Waals surface area (Å²) in [5.74, 6) is 1.73. The first-order valence-corrected chi connectivity index (χ1v) is 5.57. The molecule has 0 saturated heterocycles. The summed E-state index contributed by atoms with van der Waals surface area (Å²) in [5, 5.41) is 0. The molecule has 0 radical (unpaired) electrons. The van der Waals surface area contributed by atoms with Crippen LogP contribution in [0.4, 0.5) is 5.69 Å². The van der Waals surface area contributed by atoms with Crippen molar-refractivity contribution in [2.45, 2.75) is 20.8 Å². The van der Waals surface area contributed by atoms with E-state index in [1.54, 1.807) is 0 Å². The fraction of sp³-hybridized carbons (Fsp3) is 0.462. The van der Waals surface area contributed by atoms with E-state index in [0.717, 1.165) is 13.1 Å². The highest BCUT2D eigenvalue weighted by atomic mass is 15.2. The third-order valence-electron chi connectivity index (χ3n) is 2.70. The van der Waals surface area contributed by atoms with Gasteiger partial charge < -0.3 is 4.90 Å². The minimum absolute atomic E-state index is 0.507. The number of nitrogens with zero attached hydrogens (tertiary/aromatic N) is 2. The minimum atomic E-state index is 0.507. The van der Waals surface area contributed by atoms with E-state index in [9.17, 15) is 0 Å². The van der Waals surface area contributed by atoms with Crippen molar-refractivity contribution < 1.29 is 0 Å². The molecule has 0 aliphatic carbocycles. The summed E-state index contributed by atoms with van der Waals surface area (Å²) in [7, 11) is 0. The third-order valence-corrected chi connectivity index (χ3v) is 2.70.